The molecule has 0 aromatic heterocycles. The highest BCUT2D eigenvalue weighted by Crippen LogP contribution is 2.25. The van der Waals surface area contributed by atoms with Gasteiger partial charge in [-0.25, -0.2) is 8.42 Å². The van der Waals surface area contributed by atoms with E-state index in [9.17, 15) is 8.42 Å². The molecule has 0 N–H and O–H groups in total. The lowest BCUT2D eigenvalue weighted by molar-refractivity contribution is 0.599. The summed E-state index contributed by atoms with van der Waals surface area (Å²) in [6.45, 7) is 1.95. The Morgan fingerprint density at radius 1 is 0.677 bits per heavy atom. The van der Waals surface area contributed by atoms with Crippen molar-refractivity contribution in [2.24, 2.45) is 0 Å². The molecule has 4 aromatic rings. The Morgan fingerprint density at radius 2 is 1.23 bits per heavy atom. The molecule has 0 atom stereocenters. The molecule has 2 nitrogen and oxygen atoms in total. The normalized spacial score (nSPS) is 12.0. The van der Waals surface area contributed by atoms with E-state index in [0.717, 1.165) is 33.4 Å². The molecule has 0 bridgehead atoms. The molecule has 0 spiro atoms. The lowest BCUT2D eigenvalue weighted by atomic mass is 10.0. The number of benzene rings is 4. The fourth-order valence-electron chi connectivity index (χ4n) is 3.50. The van der Waals surface area contributed by atoms with Crippen LogP contribution in [0.5, 0.6) is 0 Å². The third-order valence-corrected chi connectivity index (χ3v) is 6.91. The Kier molecular flexibility index (Phi) is 6.15. The highest BCUT2D eigenvalue weighted by Gasteiger charge is 2.18. The topological polar surface area (TPSA) is 34.1 Å². The van der Waals surface area contributed by atoms with E-state index in [1.165, 1.54) is 0 Å². The highest BCUT2D eigenvalue weighted by molar-refractivity contribution is 7.91. The van der Waals surface area contributed by atoms with Gasteiger partial charge in [0.25, 0.3) is 0 Å². The predicted molar refractivity (Wildman–Crippen MR) is 129 cm³/mol. The molecule has 0 aliphatic carbocycles. The van der Waals surface area contributed by atoms with E-state index in [0.29, 0.717) is 4.90 Å². The third kappa shape index (κ3) is 5.19. The van der Waals surface area contributed by atoms with Crippen LogP contribution in [0, 0.1) is 6.92 Å². The van der Waals surface area contributed by atoms with Gasteiger partial charge in [0, 0.05) is 0 Å². The van der Waals surface area contributed by atoms with Gasteiger partial charge in [0.2, 0.25) is 0 Å². The fraction of sp³-hybridized carbons (Fsp3) is 0.0714. The van der Waals surface area contributed by atoms with Crippen molar-refractivity contribution in [3.63, 3.8) is 0 Å². The molecule has 0 aliphatic heterocycles. The van der Waals surface area contributed by atoms with Crippen LogP contribution in [0.25, 0.3) is 22.8 Å². The molecule has 0 unspecified atom stereocenters. The van der Waals surface area contributed by atoms with Gasteiger partial charge in [-0.2, -0.15) is 0 Å². The molecule has 0 amide bonds. The lowest BCUT2D eigenvalue weighted by Gasteiger charge is -2.11. The molecule has 3 heteroatoms. The summed E-state index contributed by atoms with van der Waals surface area (Å²) in [7, 11) is -3.46. The van der Waals surface area contributed by atoms with Crippen molar-refractivity contribution in [2.45, 2.75) is 11.8 Å². The summed E-state index contributed by atoms with van der Waals surface area (Å²) < 4.78 is 26.2. The van der Waals surface area contributed by atoms with Crippen molar-refractivity contribution in [1.29, 1.82) is 0 Å². The van der Waals surface area contributed by atoms with Gasteiger partial charge in [-0.1, -0.05) is 109 Å². The molecule has 0 saturated carbocycles. The summed E-state index contributed by atoms with van der Waals surface area (Å²) in [4.78, 5) is 0.347. The van der Waals surface area contributed by atoms with Crippen LogP contribution in [0.15, 0.2) is 114 Å². The number of aryl methyl sites for hydroxylation is 1. The standard InChI is InChI=1S/C28H24O2S/c1-22-12-18-28(19-13-22)31(29,30)21-27(25-10-6-3-7-11-25)20-23-14-16-26(17-15-23)24-8-4-2-5-9-24/h2-20H,21H2,1H3/b27-20+. The predicted octanol–water partition coefficient (Wildman–Crippen LogP) is 6.68. The maximum Gasteiger partial charge on any atom is 0.182 e. The summed E-state index contributed by atoms with van der Waals surface area (Å²) >= 11 is 0. The summed E-state index contributed by atoms with van der Waals surface area (Å²) in [6.07, 6.45) is 1.97. The Hall–Kier alpha value is -3.43. The smallest absolute Gasteiger partial charge is 0.182 e. The molecule has 0 saturated heterocycles. The van der Waals surface area contributed by atoms with Crippen LogP contribution in [-0.2, 0) is 9.84 Å². The number of sulfone groups is 1. The summed E-state index contributed by atoms with van der Waals surface area (Å²) in [5.74, 6) is -0.0550. The van der Waals surface area contributed by atoms with E-state index < -0.39 is 9.84 Å². The second kappa shape index (κ2) is 9.15. The first-order valence-corrected chi connectivity index (χ1v) is 11.9. The average molecular weight is 425 g/mol. The zero-order chi connectivity index (χ0) is 21.7. The largest absolute Gasteiger partial charge is 0.223 e. The van der Waals surface area contributed by atoms with Gasteiger partial charge in [-0.05, 0) is 46.9 Å². The SMILES string of the molecule is Cc1ccc(S(=O)(=O)C/C(=C\c2ccc(-c3ccccc3)cc2)c2ccccc2)cc1. The first-order chi connectivity index (χ1) is 15.0. The average Bonchev–Trinajstić information content (AvgIpc) is 2.80. The van der Waals surface area contributed by atoms with Crippen LogP contribution in [-0.4, -0.2) is 14.2 Å². The first kappa shape index (κ1) is 20.8. The van der Waals surface area contributed by atoms with E-state index >= 15 is 0 Å². The van der Waals surface area contributed by atoms with Crippen LogP contribution in [0.4, 0.5) is 0 Å². The van der Waals surface area contributed by atoms with Crippen LogP contribution in [0.2, 0.25) is 0 Å². The van der Waals surface area contributed by atoms with Crippen molar-refractivity contribution in [3.05, 3.63) is 126 Å². The van der Waals surface area contributed by atoms with Crippen molar-refractivity contribution in [2.75, 3.05) is 5.75 Å². The minimum absolute atomic E-state index is 0.0550. The quantitative estimate of drug-likeness (QED) is 0.324. The maximum atomic E-state index is 13.1. The van der Waals surface area contributed by atoms with Gasteiger partial charge < -0.3 is 0 Å². The summed E-state index contributed by atoms with van der Waals surface area (Å²) in [6, 6.07) is 35.1. The molecule has 31 heavy (non-hydrogen) atoms. The second-order valence-corrected chi connectivity index (χ2v) is 9.59. The number of rotatable bonds is 6. The van der Waals surface area contributed by atoms with Gasteiger partial charge in [-0.3, -0.25) is 0 Å². The highest BCUT2D eigenvalue weighted by atomic mass is 32.2. The minimum Gasteiger partial charge on any atom is -0.223 e. The third-order valence-electron chi connectivity index (χ3n) is 5.23. The Labute approximate surface area is 184 Å². The van der Waals surface area contributed by atoms with E-state index in [1.807, 2.05) is 85.8 Å². The van der Waals surface area contributed by atoms with Crippen molar-refractivity contribution in [1.82, 2.24) is 0 Å². The molecule has 0 heterocycles. The molecule has 0 fully saturated rings. The van der Waals surface area contributed by atoms with Crippen LogP contribution < -0.4 is 0 Å². The zero-order valence-corrected chi connectivity index (χ0v) is 18.2. The Morgan fingerprint density at radius 3 is 1.84 bits per heavy atom. The van der Waals surface area contributed by atoms with Crippen LogP contribution in [0.1, 0.15) is 16.7 Å². The van der Waals surface area contributed by atoms with Crippen LogP contribution >= 0.6 is 0 Å². The molecule has 4 aromatic carbocycles. The van der Waals surface area contributed by atoms with E-state index in [1.54, 1.807) is 12.1 Å². The molecular formula is C28H24O2S. The number of hydrogen-bond acceptors (Lipinski definition) is 2. The Balaban J connectivity index is 1.69. The van der Waals surface area contributed by atoms with Gasteiger partial charge in [-0.15, -0.1) is 0 Å². The summed E-state index contributed by atoms with van der Waals surface area (Å²) in [5.41, 5.74) is 5.97. The summed E-state index contributed by atoms with van der Waals surface area (Å²) in [5, 5.41) is 0. The van der Waals surface area contributed by atoms with Gasteiger partial charge in [0.05, 0.1) is 10.6 Å². The van der Waals surface area contributed by atoms with Crippen molar-refractivity contribution in [3.8, 4) is 11.1 Å². The fourth-order valence-corrected chi connectivity index (χ4v) is 4.87. The first-order valence-electron chi connectivity index (χ1n) is 10.2. The van der Waals surface area contributed by atoms with E-state index in [-0.39, 0.29) is 5.75 Å². The van der Waals surface area contributed by atoms with Gasteiger partial charge in [0.1, 0.15) is 0 Å². The Bertz CT molecular complexity index is 1270. The molecule has 154 valence electrons. The minimum atomic E-state index is -3.46. The second-order valence-electron chi connectivity index (χ2n) is 7.60. The van der Waals surface area contributed by atoms with E-state index in [2.05, 4.69) is 24.3 Å². The molecule has 0 radical (unpaired) electrons. The van der Waals surface area contributed by atoms with Gasteiger partial charge in [0.15, 0.2) is 9.84 Å². The maximum absolute atomic E-state index is 13.1. The van der Waals surface area contributed by atoms with E-state index in [4.69, 9.17) is 0 Å². The van der Waals surface area contributed by atoms with Crippen LogP contribution in [0.3, 0.4) is 0 Å². The molecule has 0 aliphatic rings. The van der Waals surface area contributed by atoms with Crippen molar-refractivity contribution < 1.29 is 8.42 Å². The van der Waals surface area contributed by atoms with Crippen molar-refractivity contribution >= 4 is 21.5 Å². The van der Waals surface area contributed by atoms with Gasteiger partial charge >= 0.3 is 0 Å². The zero-order valence-electron chi connectivity index (χ0n) is 17.4. The molecular weight excluding hydrogens is 400 g/mol. The number of hydrogen-bond donors (Lipinski definition) is 0. The lowest BCUT2D eigenvalue weighted by Crippen LogP contribution is -2.09. The molecule has 4 rings (SSSR count). The monoisotopic (exact) mass is 424 g/mol.